The van der Waals surface area contributed by atoms with E-state index in [2.05, 4.69) is 15.5 Å². The van der Waals surface area contributed by atoms with Crippen LogP contribution in [-0.4, -0.2) is 33.4 Å². The van der Waals surface area contributed by atoms with Gasteiger partial charge in [0.05, 0.1) is 0 Å². The molecule has 0 spiro atoms. The minimum Gasteiger partial charge on any atom is -0.459 e. The van der Waals surface area contributed by atoms with Gasteiger partial charge in [0.2, 0.25) is 5.82 Å². The zero-order valence-corrected chi connectivity index (χ0v) is 11.3. The summed E-state index contributed by atoms with van der Waals surface area (Å²) in [4.78, 5) is 23.6. The van der Waals surface area contributed by atoms with E-state index in [9.17, 15) is 9.59 Å². The summed E-state index contributed by atoms with van der Waals surface area (Å²) in [6.45, 7) is 6.74. The summed E-state index contributed by atoms with van der Waals surface area (Å²) < 4.78 is 6.39. The van der Waals surface area contributed by atoms with Gasteiger partial charge in [0.25, 0.3) is 5.56 Å². The SMILES string of the molecule is CNc1nnc(C)n(CC(=O)OC(C)(C)C)c1=O. The Kier molecular flexibility index (Phi) is 4.05. The van der Waals surface area contributed by atoms with E-state index in [4.69, 9.17) is 4.74 Å². The Balaban J connectivity index is 2.98. The summed E-state index contributed by atoms with van der Waals surface area (Å²) in [5.74, 6) is -0.0169. The third-order valence-corrected chi connectivity index (χ3v) is 2.08. The summed E-state index contributed by atoms with van der Waals surface area (Å²) in [7, 11) is 1.57. The van der Waals surface area contributed by atoms with E-state index in [-0.39, 0.29) is 12.4 Å². The molecular weight excluding hydrogens is 236 g/mol. The van der Waals surface area contributed by atoms with Crippen molar-refractivity contribution in [3.8, 4) is 0 Å². The number of aryl methyl sites for hydroxylation is 1. The topological polar surface area (TPSA) is 86.1 Å². The van der Waals surface area contributed by atoms with Crippen molar-refractivity contribution < 1.29 is 9.53 Å². The summed E-state index contributed by atoms with van der Waals surface area (Å²) in [5, 5.41) is 10.1. The molecule has 0 amide bonds. The highest BCUT2D eigenvalue weighted by atomic mass is 16.6. The van der Waals surface area contributed by atoms with Crippen molar-refractivity contribution in [3.63, 3.8) is 0 Å². The lowest BCUT2D eigenvalue weighted by Crippen LogP contribution is -2.33. The maximum atomic E-state index is 11.9. The van der Waals surface area contributed by atoms with Gasteiger partial charge in [0.1, 0.15) is 18.0 Å². The van der Waals surface area contributed by atoms with Crippen molar-refractivity contribution >= 4 is 11.8 Å². The average molecular weight is 254 g/mol. The molecule has 1 aromatic heterocycles. The second-order valence-corrected chi connectivity index (χ2v) is 4.82. The summed E-state index contributed by atoms with van der Waals surface area (Å²) in [6, 6.07) is 0. The van der Waals surface area contributed by atoms with Gasteiger partial charge in [-0.2, -0.15) is 0 Å². The molecule has 1 heterocycles. The van der Waals surface area contributed by atoms with Gasteiger partial charge in [0, 0.05) is 7.05 Å². The van der Waals surface area contributed by atoms with Gasteiger partial charge in [-0.3, -0.25) is 14.2 Å². The van der Waals surface area contributed by atoms with Crippen LogP contribution in [0.1, 0.15) is 26.6 Å². The van der Waals surface area contributed by atoms with Gasteiger partial charge >= 0.3 is 5.97 Å². The summed E-state index contributed by atoms with van der Waals surface area (Å²) >= 11 is 0. The van der Waals surface area contributed by atoms with Gasteiger partial charge in [-0.05, 0) is 27.7 Å². The fourth-order valence-electron chi connectivity index (χ4n) is 1.34. The molecule has 0 fully saturated rings. The first kappa shape index (κ1) is 14.1. The number of esters is 1. The van der Waals surface area contributed by atoms with E-state index in [1.165, 1.54) is 4.57 Å². The second kappa shape index (κ2) is 5.16. The number of carbonyl (C=O) groups is 1. The van der Waals surface area contributed by atoms with Crippen LogP contribution in [0.5, 0.6) is 0 Å². The lowest BCUT2D eigenvalue weighted by molar-refractivity contribution is -0.155. The van der Waals surface area contributed by atoms with Gasteiger partial charge in [-0.25, -0.2) is 0 Å². The van der Waals surface area contributed by atoms with Crippen LogP contribution in [-0.2, 0) is 16.1 Å². The normalized spacial score (nSPS) is 11.2. The fraction of sp³-hybridized carbons (Fsp3) is 0.636. The monoisotopic (exact) mass is 254 g/mol. The van der Waals surface area contributed by atoms with Gasteiger partial charge in [-0.1, -0.05) is 0 Å². The molecule has 0 saturated carbocycles. The number of carbonyl (C=O) groups excluding carboxylic acids is 1. The third kappa shape index (κ3) is 3.54. The van der Waals surface area contributed by atoms with Gasteiger partial charge in [0.15, 0.2) is 0 Å². The highest BCUT2D eigenvalue weighted by Crippen LogP contribution is 2.07. The molecule has 0 aliphatic rings. The van der Waals surface area contributed by atoms with Crippen LogP contribution in [0, 0.1) is 6.92 Å². The number of aromatic nitrogens is 3. The fourth-order valence-corrected chi connectivity index (χ4v) is 1.34. The minimum absolute atomic E-state index is 0.101. The number of hydrogen-bond donors (Lipinski definition) is 1. The predicted octanol–water partition coefficient (Wildman–Crippen LogP) is 0.330. The van der Waals surface area contributed by atoms with Crippen molar-refractivity contribution in [1.29, 1.82) is 0 Å². The third-order valence-electron chi connectivity index (χ3n) is 2.08. The first-order valence-corrected chi connectivity index (χ1v) is 5.58. The van der Waals surface area contributed by atoms with Crippen molar-refractivity contribution in [1.82, 2.24) is 14.8 Å². The Hall–Kier alpha value is -1.92. The Morgan fingerprint density at radius 3 is 2.50 bits per heavy atom. The largest absolute Gasteiger partial charge is 0.459 e. The van der Waals surface area contributed by atoms with Crippen molar-refractivity contribution in [2.45, 2.75) is 39.8 Å². The van der Waals surface area contributed by atoms with E-state index < -0.39 is 17.1 Å². The highest BCUT2D eigenvalue weighted by Gasteiger charge is 2.18. The lowest BCUT2D eigenvalue weighted by atomic mass is 10.2. The molecule has 0 aliphatic heterocycles. The van der Waals surface area contributed by atoms with E-state index in [1.807, 2.05) is 0 Å². The van der Waals surface area contributed by atoms with Gasteiger partial charge in [-0.15, -0.1) is 10.2 Å². The molecule has 1 rings (SSSR count). The molecule has 0 bridgehead atoms. The van der Waals surface area contributed by atoms with Crippen LogP contribution in [0.2, 0.25) is 0 Å². The maximum absolute atomic E-state index is 11.9. The second-order valence-electron chi connectivity index (χ2n) is 4.82. The molecule has 7 heteroatoms. The molecule has 0 radical (unpaired) electrons. The molecule has 0 saturated heterocycles. The number of nitrogens with one attached hydrogen (secondary N) is 1. The quantitative estimate of drug-likeness (QED) is 0.782. The Morgan fingerprint density at radius 2 is 2.00 bits per heavy atom. The maximum Gasteiger partial charge on any atom is 0.326 e. The first-order chi connectivity index (χ1) is 8.24. The van der Waals surface area contributed by atoms with Crippen LogP contribution in [0.25, 0.3) is 0 Å². The molecule has 0 atom stereocenters. The first-order valence-electron chi connectivity index (χ1n) is 5.58. The number of hydrogen-bond acceptors (Lipinski definition) is 6. The van der Waals surface area contributed by atoms with E-state index >= 15 is 0 Å². The van der Waals surface area contributed by atoms with E-state index in [0.717, 1.165) is 0 Å². The summed E-state index contributed by atoms with van der Waals surface area (Å²) in [6.07, 6.45) is 0. The van der Waals surface area contributed by atoms with Crippen LogP contribution in [0.15, 0.2) is 4.79 Å². The number of nitrogens with zero attached hydrogens (tertiary/aromatic N) is 3. The predicted molar refractivity (Wildman–Crippen MR) is 66.4 cm³/mol. The number of rotatable bonds is 3. The molecule has 0 aromatic carbocycles. The smallest absolute Gasteiger partial charge is 0.326 e. The van der Waals surface area contributed by atoms with Crippen molar-refractivity contribution in [3.05, 3.63) is 16.2 Å². The van der Waals surface area contributed by atoms with Crippen molar-refractivity contribution in [2.75, 3.05) is 12.4 Å². The van der Waals surface area contributed by atoms with Gasteiger partial charge < -0.3 is 10.1 Å². The van der Waals surface area contributed by atoms with Crippen molar-refractivity contribution in [2.24, 2.45) is 0 Å². The summed E-state index contributed by atoms with van der Waals surface area (Å²) in [5.41, 5.74) is -0.975. The molecule has 0 aliphatic carbocycles. The molecule has 0 unspecified atom stereocenters. The molecule has 18 heavy (non-hydrogen) atoms. The molecular formula is C11H18N4O3. The van der Waals surface area contributed by atoms with Crippen LogP contribution in [0.3, 0.4) is 0 Å². The molecule has 1 N–H and O–H groups in total. The van der Waals surface area contributed by atoms with Crippen LogP contribution in [0.4, 0.5) is 5.82 Å². The molecule has 1 aromatic rings. The lowest BCUT2D eigenvalue weighted by Gasteiger charge is -2.20. The Bertz CT molecular complexity index is 502. The zero-order chi connectivity index (χ0) is 13.9. The zero-order valence-electron chi connectivity index (χ0n) is 11.3. The molecule has 100 valence electrons. The highest BCUT2D eigenvalue weighted by molar-refractivity contribution is 5.69. The average Bonchev–Trinajstić information content (AvgIpc) is 2.22. The minimum atomic E-state index is -0.582. The van der Waals surface area contributed by atoms with E-state index in [0.29, 0.717) is 5.82 Å². The molecule has 7 nitrogen and oxygen atoms in total. The van der Waals surface area contributed by atoms with E-state index in [1.54, 1.807) is 34.7 Å². The Morgan fingerprint density at radius 1 is 1.39 bits per heavy atom. The number of anilines is 1. The standard InChI is InChI=1S/C11H18N4O3/c1-7-13-14-9(12-5)10(17)15(7)6-8(16)18-11(2,3)4/h6H2,1-5H3,(H,12,14). The van der Waals surface area contributed by atoms with Crippen LogP contribution >= 0.6 is 0 Å². The number of ether oxygens (including phenoxy) is 1. The van der Waals surface area contributed by atoms with Crippen LogP contribution < -0.4 is 10.9 Å². The Labute approximate surface area is 105 Å².